The molecule has 1 nitrogen and oxygen atoms in total. The minimum absolute atomic E-state index is 0.387. The van der Waals surface area contributed by atoms with Crippen molar-refractivity contribution in [2.75, 3.05) is 3.53 Å². The zero-order chi connectivity index (χ0) is 8.27. The topological polar surface area (TPSA) is 12.0 Å². The zero-order valence-electron chi connectivity index (χ0n) is 6.20. The number of rotatable bonds is 2. The molecule has 60 valence electrons. The minimum Gasteiger partial charge on any atom is -0.328 e. The van der Waals surface area contributed by atoms with Gasteiger partial charge in [0.15, 0.2) is 0 Å². The maximum atomic E-state index is 12.1. The highest BCUT2D eigenvalue weighted by molar-refractivity contribution is 14.1. The summed E-state index contributed by atoms with van der Waals surface area (Å²) < 4.78 is 15.1. The molecule has 0 fully saturated rings. The normalized spacial score (nSPS) is 9.73. The fourth-order valence-corrected chi connectivity index (χ4v) is 1.52. The van der Waals surface area contributed by atoms with E-state index in [2.05, 4.69) is 26.4 Å². The molecule has 0 radical (unpaired) electrons. The van der Waals surface area contributed by atoms with Crippen molar-refractivity contribution < 1.29 is 4.39 Å². The van der Waals surface area contributed by atoms with Gasteiger partial charge in [0.25, 0.3) is 0 Å². The van der Waals surface area contributed by atoms with Crippen molar-refractivity contribution in [2.24, 2.45) is 0 Å². The van der Waals surface area contributed by atoms with Crippen LogP contribution >= 0.6 is 22.9 Å². The maximum Gasteiger partial charge on any atom is 0.115 e. The van der Waals surface area contributed by atoms with Crippen molar-refractivity contribution in [1.29, 1.82) is 0 Å². The van der Waals surface area contributed by atoms with E-state index in [1.165, 1.54) is 0 Å². The van der Waals surface area contributed by atoms with Gasteiger partial charge in [-0.1, -0.05) is 12.1 Å². The van der Waals surface area contributed by atoms with Crippen LogP contribution in [0.1, 0.15) is 11.1 Å². The Balaban J connectivity index is 2.99. The van der Waals surface area contributed by atoms with E-state index < -0.39 is 0 Å². The van der Waals surface area contributed by atoms with Gasteiger partial charge in [-0.2, -0.15) is 0 Å². The molecule has 0 saturated carbocycles. The molecule has 0 unspecified atom stereocenters. The van der Waals surface area contributed by atoms with E-state index in [1.54, 1.807) is 6.07 Å². The molecule has 1 aromatic rings. The molecule has 0 aliphatic rings. The molecule has 0 bridgehead atoms. The Morgan fingerprint density at radius 3 is 2.73 bits per heavy atom. The molecule has 0 aromatic heterocycles. The fraction of sp³-hybridized carbons (Fsp3) is 0.250. The quantitative estimate of drug-likeness (QED) is 0.639. The largest absolute Gasteiger partial charge is 0.328 e. The summed E-state index contributed by atoms with van der Waals surface area (Å²) in [5.74, 6) is 0. The number of alkyl halides is 1. The van der Waals surface area contributed by atoms with Crippen molar-refractivity contribution in [3.8, 4) is 0 Å². The third-order valence-corrected chi connectivity index (χ3v) is 2.13. The molecular formula is C8H9FIN. The first-order valence-corrected chi connectivity index (χ1v) is 4.38. The van der Waals surface area contributed by atoms with E-state index in [-0.39, 0.29) is 6.67 Å². The van der Waals surface area contributed by atoms with Gasteiger partial charge in [0, 0.05) is 5.69 Å². The van der Waals surface area contributed by atoms with Crippen molar-refractivity contribution in [3.05, 3.63) is 29.3 Å². The predicted octanol–water partition coefficient (Wildman–Crippen LogP) is 3.23. The van der Waals surface area contributed by atoms with E-state index in [1.807, 2.05) is 19.1 Å². The van der Waals surface area contributed by atoms with Crippen LogP contribution in [0.25, 0.3) is 0 Å². The SMILES string of the molecule is Cc1cc(CF)ccc1NI. The second kappa shape index (κ2) is 3.90. The van der Waals surface area contributed by atoms with Crippen molar-refractivity contribution >= 4 is 28.6 Å². The Kier molecular flexibility index (Phi) is 3.11. The van der Waals surface area contributed by atoms with Gasteiger partial charge in [0.05, 0.1) is 22.9 Å². The monoisotopic (exact) mass is 265 g/mol. The van der Waals surface area contributed by atoms with E-state index >= 15 is 0 Å². The highest BCUT2D eigenvalue weighted by Gasteiger charge is 1.96. The third-order valence-electron chi connectivity index (χ3n) is 1.55. The highest BCUT2D eigenvalue weighted by Crippen LogP contribution is 2.18. The van der Waals surface area contributed by atoms with E-state index in [0.717, 1.165) is 16.8 Å². The van der Waals surface area contributed by atoms with Crippen LogP contribution in [0, 0.1) is 6.92 Å². The number of halogens is 2. The van der Waals surface area contributed by atoms with Crippen LogP contribution in [0.2, 0.25) is 0 Å². The van der Waals surface area contributed by atoms with Crippen LogP contribution in [0.3, 0.4) is 0 Å². The van der Waals surface area contributed by atoms with Crippen LogP contribution in [0.15, 0.2) is 18.2 Å². The molecular weight excluding hydrogens is 256 g/mol. The van der Waals surface area contributed by atoms with Gasteiger partial charge in [0.2, 0.25) is 0 Å². The van der Waals surface area contributed by atoms with Gasteiger partial charge in [-0.3, -0.25) is 0 Å². The van der Waals surface area contributed by atoms with Crippen molar-refractivity contribution in [3.63, 3.8) is 0 Å². The Bertz CT molecular complexity index is 250. The summed E-state index contributed by atoms with van der Waals surface area (Å²) in [6.07, 6.45) is 0. The van der Waals surface area contributed by atoms with Crippen LogP contribution < -0.4 is 3.53 Å². The lowest BCUT2D eigenvalue weighted by Crippen LogP contribution is -1.86. The lowest BCUT2D eigenvalue weighted by molar-refractivity contribution is 0.485. The standard InChI is InChI=1S/C8H9FIN/c1-6-4-7(5-9)2-3-8(6)11-10/h2-4,11H,5H2,1H3. The molecule has 1 N–H and O–H groups in total. The number of benzene rings is 1. The minimum atomic E-state index is -0.387. The molecule has 3 heteroatoms. The molecule has 0 aliphatic heterocycles. The van der Waals surface area contributed by atoms with E-state index in [4.69, 9.17) is 0 Å². The molecule has 0 amide bonds. The highest BCUT2D eigenvalue weighted by atomic mass is 127. The zero-order valence-corrected chi connectivity index (χ0v) is 8.35. The van der Waals surface area contributed by atoms with Crippen LogP contribution in [0.5, 0.6) is 0 Å². The second-order valence-electron chi connectivity index (χ2n) is 2.38. The van der Waals surface area contributed by atoms with Crippen LogP contribution in [-0.2, 0) is 6.67 Å². The van der Waals surface area contributed by atoms with Gasteiger partial charge >= 0.3 is 0 Å². The molecule has 0 saturated heterocycles. The van der Waals surface area contributed by atoms with Crippen LogP contribution in [0.4, 0.5) is 10.1 Å². The number of nitrogens with one attached hydrogen (secondary N) is 1. The van der Waals surface area contributed by atoms with Gasteiger partial charge in [0.1, 0.15) is 6.67 Å². The summed E-state index contributed by atoms with van der Waals surface area (Å²) >= 11 is 2.06. The Morgan fingerprint density at radius 2 is 2.27 bits per heavy atom. The first kappa shape index (κ1) is 8.77. The molecule has 11 heavy (non-hydrogen) atoms. The summed E-state index contributed by atoms with van der Waals surface area (Å²) in [6, 6.07) is 5.52. The molecule has 1 rings (SSSR count). The summed E-state index contributed by atoms with van der Waals surface area (Å²) in [5.41, 5.74) is 2.86. The number of hydrogen-bond acceptors (Lipinski definition) is 1. The maximum absolute atomic E-state index is 12.1. The van der Waals surface area contributed by atoms with Gasteiger partial charge in [-0.15, -0.1) is 0 Å². The second-order valence-corrected chi connectivity index (χ2v) is 2.92. The average molecular weight is 265 g/mol. The first-order chi connectivity index (χ1) is 5.27. The number of hydrogen-bond donors (Lipinski definition) is 1. The summed E-state index contributed by atoms with van der Waals surface area (Å²) in [5, 5.41) is 0. The van der Waals surface area contributed by atoms with E-state index in [0.29, 0.717) is 0 Å². The van der Waals surface area contributed by atoms with Gasteiger partial charge in [-0.05, 0) is 24.1 Å². The average Bonchev–Trinajstić information content (AvgIpc) is 2.04. The summed E-state index contributed by atoms with van der Waals surface area (Å²) in [7, 11) is 0. The molecule has 1 aromatic carbocycles. The third kappa shape index (κ3) is 2.05. The molecule has 0 spiro atoms. The molecule has 0 aliphatic carbocycles. The van der Waals surface area contributed by atoms with E-state index in [9.17, 15) is 4.39 Å². The first-order valence-electron chi connectivity index (χ1n) is 3.30. The fourth-order valence-electron chi connectivity index (χ4n) is 0.915. The summed E-state index contributed by atoms with van der Waals surface area (Å²) in [4.78, 5) is 0. The molecule has 0 atom stereocenters. The summed E-state index contributed by atoms with van der Waals surface area (Å²) in [6.45, 7) is 1.57. The molecule has 0 heterocycles. The van der Waals surface area contributed by atoms with Crippen molar-refractivity contribution in [1.82, 2.24) is 0 Å². The number of anilines is 1. The van der Waals surface area contributed by atoms with Crippen molar-refractivity contribution in [2.45, 2.75) is 13.6 Å². The Morgan fingerprint density at radius 1 is 1.55 bits per heavy atom. The lowest BCUT2D eigenvalue weighted by atomic mass is 10.1. The predicted molar refractivity (Wildman–Crippen MR) is 53.6 cm³/mol. The van der Waals surface area contributed by atoms with Gasteiger partial charge in [-0.25, -0.2) is 4.39 Å². The Labute approximate surface area is 79.5 Å². The van der Waals surface area contributed by atoms with Crippen LogP contribution in [-0.4, -0.2) is 0 Å². The number of aryl methyl sites for hydroxylation is 1. The lowest BCUT2D eigenvalue weighted by Gasteiger charge is -2.03. The smallest absolute Gasteiger partial charge is 0.115 e. The Hall–Kier alpha value is -0.320. The van der Waals surface area contributed by atoms with Gasteiger partial charge < -0.3 is 3.53 Å².